The van der Waals surface area contributed by atoms with Crippen LogP contribution in [0.4, 0.5) is 10.1 Å². The lowest BCUT2D eigenvalue weighted by atomic mass is 9.93. The molecule has 0 radical (unpaired) electrons. The minimum atomic E-state index is -0.269. The molecule has 104 valence electrons. The molecular weight excluding hydrogens is 245 g/mol. The number of nitrogens with one attached hydrogen (secondary N) is 1. The number of halogens is 1. The lowest BCUT2D eigenvalue weighted by molar-refractivity contribution is -0.120. The summed E-state index contributed by atoms with van der Waals surface area (Å²) < 4.78 is 13.7. The Hall–Kier alpha value is -1.65. The van der Waals surface area contributed by atoms with Crippen LogP contribution < -0.4 is 10.2 Å². The molecule has 2 rings (SSSR count). The average molecular weight is 265 g/mol. The van der Waals surface area contributed by atoms with Gasteiger partial charge in [0.25, 0.3) is 0 Å². The van der Waals surface area contributed by atoms with Crippen molar-refractivity contribution < 1.29 is 9.18 Å². The van der Waals surface area contributed by atoms with Gasteiger partial charge in [0.2, 0.25) is 5.91 Å². The van der Waals surface area contributed by atoms with Crippen LogP contribution in [0.3, 0.4) is 0 Å². The van der Waals surface area contributed by atoms with E-state index in [9.17, 15) is 9.18 Å². The lowest BCUT2D eigenvalue weighted by Crippen LogP contribution is -2.36. The second-order valence-corrected chi connectivity index (χ2v) is 4.99. The number of rotatable bonds is 4. The number of piperidine rings is 1. The van der Waals surface area contributed by atoms with Crippen molar-refractivity contribution >= 4 is 11.6 Å². The number of nitrogens with zero attached hydrogens (tertiary/aromatic N) is 2. The topological polar surface area (TPSA) is 45.2 Å². The molecule has 0 aliphatic carbocycles. The zero-order chi connectivity index (χ0) is 13.7. The minimum Gasteiger partial charge on any atom is -0.369 e. The molecule has 1 aromatic heterocycles. The Morgan fingerprint density at radius 3 is 3.21 bits per heavy atom. The van der Waals surface area contributed by atoms with Gasteiger partial charge < -0.3 is 10.2 Å². The number of aromatic nitrogens is 1. The third-order valence-corrected chi connectivity index (χ3v) is 3.67. The molecular formula is C14H20FN3O. The molecule has 0 bridgehead atoms. The van der Waals surface area contributed by atoms with Crippen molar-refractivity contribution in [3.8, 4) is 0 Å². The molecule has 1 saturated heterocycles. The molecule has 1 atom stereocenters. The first-order valence-corrected chi connectivity index (χ1v) is 6.75. The largest absolute Gasteiger partial charge is 0.369 e. The van der Waals surface area contributed by atoms with Gasteiger partial charge in [0.1, 0.15) is 0 Å². The fourth-order valence-corrected chi connectivity index (χ4v) is 2.60. The van der Waals surface area contributed by atoms with Crippen LogP contribution in [-0.4, -0.2) is 31.0 Å². The van der Waals surface area contributed by atoms with Gasteiger partial charge in [0.15, 0.2) is 5.82 Å². The number of carbonyl (C=O) groups excluding carboxylic acids is 1. The third kappa shape index (κ3) is 3.66. The molecule has 1 aliphatic rings. The fourth-order valence-electron chi connectivity index (χ4n) is 2.60. The first-order chi connectivity index (χ1) is 9.20. The molecule has 5 heteroatoms. The average Bonchev–Trinajstić information content (AvgIpc) is 2.45. The maximum Gasteiger partial charge on any atom is 0.219 e. The van der Waals surface area contributed by atoms with Crippen LogP contribution in [0.15, 0.2) is 18.5 Å². The van der Waals surface area contributed by atoms with Gasteiger partial charge in [0.05, 0.1) is 11.9 Å². The van der Waals surface area contributed by atoms with Crippen LogP contribution in [0, 0.1) is 11.7 Å². The van der Waals surface area contributed by atoms with Crippen LogP contribution in [0.25, 0.3) is 0 Å². The van der Waals surface area contributed by atoms with E-state index in [0.29, 0.717) is 18.0 Å². The zero-order valence-electron chi connectivity index (χ0n) is 11.2. The summed E-state index contributed by atoms with van der Waals surface area (Å²) in [6.45, 7) is 1.69. The summed E-state index contributed by atoms with van der Waals surface area (Å²) in [5.74, 6) is 0.264. The van der Waals surface area contributed by atoms with Gasteiger partial charge in [-0.1, -0.05) is 0 Å². The van der Waals surface area contributed by atoms with Gasteiger partial charge in [-0.05, 0) is 31.2 Å². The molecule has 2 heterocycles. The Labute approximate surface area is 113 Å². The number of pyridine rings is 1. The Kier molecular flexibility index (Phi) is 4.71. The second-order valence-electron chi connectivity index (χ2n) is 4.99. The number of hydrogen-bond acceptors (Lipinski definition) is 3. The van der Waals surface area contributed by atoms with Crippen molar-refractivity contribution in [2.75, 3.05) is 25.0 Å². The highest BCUT2D eigenvalue weighted by Gasteiger charge is 2.22. The molecule has 0 spiro atoms. The van der Waals surface area contributed by atoms with Crippen LogP contribution in [0.5, 0.6) is 0 Å². The molecule has 1 aromatic rings. The highest BCUT2D eigenvalue weighted by Crippen LogP contribution is 2.27. The van der Waals surface area contributed by atoms with E-state index < -0.39 is 0 Å². The quantitative estimate of drug-likeness (QED) is 0.905. The Balaban J connectivity index is 1.94. The first-order valence-electron chi connectivity index (χ1n) is 6.75. The number of carbonyl (C=O) groups is 1. The predicted octanol–water partition coefficient (Wildman–Crippen LogP) is 1.96. The Morgan fingerprint density at radius 1 is 1.63 bits per heavy atom. The van der Waals surface area contributed by atoms with Gasteiger partial charge in [-0.3, -0.25) is 9.78 Å². The fraction of sp³-hybridized carbons (Fsp3) is 0.571. The Bertz CT molecular complexity index is 438. The summed E-state index contributed by atoms with van der Waals surface area (Å²) in [4.78, 5) is 17.1. The molecule has 4 nitrogen and oxygen atoms in total. The first kappa shape index (κ1) is 13.8. The van der Waals surface area contributed by atoms with E-state index in [1.807, 2.05) is 0 Å². The summed E-state index contributed by atoms with van der Waals surface area (Å²) in [7, 11) is 1.65. The van der Waals surface area contributed by atoms with Crippen LogP contribution in [0.1, 0.15) is 25.7 Å². The van der Waals surface area contributed by atoms with Gasteiger partial charge in [-0.25, -0.2) is 4.39 Å². The predicted molar refractivity (Wildman–Crippen MR) is 72.4 cm³/mol. The van der Waals surface area contributed by atoms with E-state index in [1.165, 1.54) is 6.20 Å². The summed E-state index contributed by atoms with van der Waals surface area (Å²) in [6, 6.07) is 1.72. The van der Waals surface area contributed by atoms with Crippen molar-refractivity contribution in [2.24, 2.45) is 5.92 Å². The Morgan fingerprint density at radius 2 is 2.47 bits per heavy atom. The van der Waals surface area contributed by atoms with Crippen molar-refractivity contribution in [2.45, 2.75) is 25.7 Å². The third-order valence-electron chi connectivity index (χ3n) is 3.67. The van der Waals surface area contributed by atoms with Crippen molar-refractivity contribution in [3.05, 3.63) is 24.3 Å². The van der Waals surface area contributed by atoms with E-state index in [2.05, 4.69) is 15.2 Å². The summed E-state index contributed by atoms with van der Waals surface area (Å²) in [5, 5.41) is 2.64. The van der Waals surface area contributed by atoms with Crippen molar-refractivity contribution in [3.63, 3.8) is 0 Å². The number of amides is 1. The highest BCUT2D eigenvalue weighted by atomic mass is 19.1. The van der Waals surface area contributed by atoms with Gasteiger partial charge in [-0.2, -0.15) is 0 Å². The van der Waals surface area contributed by atoms with Crippen molar-refractivity contribution in [1.82, 2.24) is 10.3 Å². The van der Waals surface area contributed by atoms with Crippen LogP contribution in [-0.2, 0) is 4.79 Å². The summed E-state index contributed by atoms with van der Waals surface area (Å²) in [6.07, 6.45) is 6.44. The smallest absolute Gasteiger partial charge is 0.219 e. The zero-order valence-corrected chi connectivity index (χ0v) is 11.2. The normalized spacial score (nSPS) is 19.3. The van der Waals surface area contributed by atoms with E-state index >= 15 is 0 Å². The molecule has 1 amide bonds. The number of anilines is 1. The SMILES string of the molecule is CNC(=O)CCC1CCCN(c2ccncc2F)C1. The highest BCUT2D eigenvalue weighted by molar-refractivity contribution is 5.75. The van der Waals surface area contributed by atoms with Crippen LogP contribution in [0.2, 0.25) is 0 Å². The van der Waals surface area contributed by atoms with Crippen molar-refractivity contribution in [1.29, 1.82) is 0 Å². The van der Waals surface area contributed by atoms with Gasteiger partial charge in [0, 0.05) is 32.8 Å². The minimum absolute atomic E-state index is 0.0761. The van der Waals surface area contributed by atoms with E-state index in [1.54, 1.807) is 19.3 Å². The van der Waals surface area contributed by atoms with E-state index in [-0.39, 0.29) is 11.7 Å². The maximum atomic E-state index is 13.7. The summed E-state index contributed by atoms with van der Waals surface area (Å²) in [5.41, 5.74) is 0.625. The lowest BCUT2D eigenvalue weighted by Gasteiger charge is -2.34. The summed E-state index contributed by atoms with van der Waals surface area (Å²) >= 11 is 0. The van der Waals surface area contributed by atoms with Gasteiger partial charge >= 0.3 is 0 Å². The van der Waals surface area contributed by atoms with E-state index in [0.717, 1.165) is 32.4 Å². The molecule has 0 saturated carbocycles. The molecule has 1 N–H and O–H groups in total. The van der Waals surface area contributed by atoms with Gasteiger partial charge in [-0.15, -0.1) is 0 Å². The molecule has 19 heavy (non-hydrogen) atoms. The second kappa shape index (κ2) is 6.50. The monoisotopic (exact) mass is 265 g/mol. The molecule has 0 aromatic carbocycles. The standard InChI is InChI=1S/C14H20FN3O/c1-16-14(19)5-4-11-3-2-8-18(10-11)13-6-7-17-9-12(13)15/h6-7,9,11H,2-5,8,10H2,1H3,(H,16,19). The molecule has 1 fully saturated rings. The number of hydrogen-bond donors (Lipinski definition) is 1. The maximum absolute atomic E-state index is 13.7. The van der Waals surface area contributed by atoms with Crippen LogP contribution >= 0.6 is 0 Å². The molecule has 1 unspecified atom stereocenters. The molecule has 1 aliphatic heterocycles. The van der Waals surface area contributed by atoms with E-state index in [4.69, 9.17) is 0 Å².